The van der Waals surface area contributed by atoms with Crippen LogP contribution in [0.4, 0.5) is 0 Å². The van der Waals surface area contributed by atoms with Crippen molar-refractivity contribution in [1.29, 1.82) is 0 Å². The van der Waals surface area contributed by atoms with E-state index in [1.807, 2.05) is 13.0 Å². The van der Waals surface area contributed by atoms with E-state index in [2.05, 4.69) is 15.9 Å². The summed E-state index contributed by atoms with van der Waals surface area (Å²) < 4.78 is 11.5. The molecule has 0 unspecified atom stereocenters. The predicted octanol–water partition coefficient (Wildman–Crippen LogP) is 2.32. The molecule has 1 aliphatic heterocycles. The summed E-state index contributed by atoms with van der Waals surface area (Å²) in [5, 5.41) is 0. The number of nitrogens with zero attached hydrogens (tertiary/aromatic N) is 1. The second kappa shape index (κ2) is 5.71. The standard InChI is InChI=1S/C13H16BrNO3/c1-9-8-15(5-6-18-9)13(16)11-7-10(14)3-4-12(11)17-2/h3-4,7,9H,5-6,8H2,1-2H3/t9-/m1/s1. The maximum Gasteiger partial charge on any atom is 0.257 e. The number of hydrogen-bond donors (Lipinski definition) is 0. The molecular formula is C13H16BrNO3. The number of amides is 1. The Morgan fingerprint density at radius 1 is 1.56 bits per heavy atom. The van der Waals surface area contributed by atoms with Gasteiger partial charge in [-0.15, -0.1) is 0 Å². The van der Waals surface area contributed by atoms with Crippen molar-refractivity contribution in [2.45, 2.75) is 13.0 Å². The van der Waals surface area contributed by atoms with Crippen LogP contribution in [0.2, 0.25) is 0 Å². The van der Waals surface area contributed by atoms with Gasteiger partial charge in [0.25, 0.3) is 5.91 Å². The molecule has 0 spiro atoms. The Hall–Kier alpha value is -1.07. The van der Waals surface area contributed by atoms with E-state index in [0.29, 0.717) is 31.0 Å². The molecule has 4 nitrogen and oxygen atoms in total. The first kappa shape index (κ1) is 13.4. The van der Waals surface area contributed by atoms with Crippen LogP contribution >= 0.6 is 15.9 Å². The van der Waals surface area contributed by atoms with Crippen molar-refractivity contribution in [3.8, 4) is 5.75 Å². The van der Waals surface area contributed by atoms with E-state index < -0.39 is 0 Å². The number of halogens is 1. The summed E-state index contributed by atoms with van der Waals surface area (Å²) in [5.74, 6) is 0.589. The molecule has 1 saturated heterocycles. The van der Waals surface area contributed by atoms with Gasteiger partial charge in [0.2, 0.25) is 0 Å². The Morgan fingerprint density at radius 2 is 2.33 bits per heavy atom. The van der Waals surface area contributed by atoms with E-state index in [1.54, 1.807) is 24.1 Å². The molecule has 0 bridgehead atoms. The van der Waals surface area contributed by atoms with Gasteiger partial charge in [-0.3, -0.25) is 4.79 Å². The molecule has 1 aromatic carbocycles. The van der Waals surface area contributed by atoms with Gasteiger partial charge in [0.05, 0.1) is 25.4 Å². The Labute approximate surface area is 115 Å². The minimum atomic E-state index is -0.0108. The molecule has 2 rings (SSSR count). The zero-order chi connectivity index (χ0) is 13.1. The molecule has 1 amide bonds. The number of methoxy groups -OCH3 is 1. The second-order valence-corrected chi connectivity index (χ2v) is 5.19. The molecule has 5 heteroatoms. The number of carbonyl (C=O) groups excluding carboxylic acids is 1. The molecule has 1 fully saturated rings. The maximum atomic E-state index is 12.4. The van der Waals surface area contributed by atoms with Crippen molar-refractivity contribution < 1.29 is 14.3 Å². The molecule has 0 radical (unpaired) electrons. The van der Waals surface area contributed by atoms with Gasteiger partial charge in [0, 0.05) is 17.6 Å². The number of carbonyl (C=O) groups is 1. The zero-order valence-electron chi connectivity index (χ0n) is 10.5. The molecule has 0 aliphatic carbocycles. The third kappa shape index (κ3) is 2.84. The smallest absolute Gasteiger partial charge is 0.257 e. The highest BCUT2D eigenvalue weighted by Gasteiger charge is 2.24. The highest BCUT2D eigenvalue weighted by molar-refractivity contribution is 9.10. The van der Waals surface area contributed by atoms with E-state index in [9.17, 15) is 4.79 Å². The summed E-state index contributed by atoms with van der Waals surface area (Å²) in [4.78, 5) is 14.3. The third-order valence-corrected chi connectivity index (χ3v) is 3.41. The third-order valence-electron chi connectivity index (χ3n) is 2.92. The lowest BCUT2D eigenvalue weighted by Gasteiger charge is -2.31. The molecule has 1 aromatic rings. The van der Waals surface area contributed by atoms with E-state index in [-0.39, 0.29) is 12.0 Å². The molecular weight excluding hydrogens is 298 g/mol. The first-order chi connectivity index (χ1) is 8.61. The maximum absolute atomic E-state index is 12.4. The Morgan fingerprint density at radius 3 is 3.00 bits per heavy atom. The van der Waals surface area contributed by atoms with Gasteiger partial charge in [-0.1, -0.05) is 15.9 Å². The largest absolute Gasteiger partial charge is 0.496 e. The van der Waals surface area contributed by atoms with Gasteiger partial charge < -0.3 is 14.4 Å². The van der Waals surface area contributed by atoms with E-state index in [4.69, 9.17) is 9.47 Å². The van der Waals surface area contributed by atoms with Crippen LogP contribution in [0.5, 0.6) is 5.75 Å². The van der Waals surface area contributed by atoms with Gasteiger partial charge in [-0.25, -0.2) is 0 Å². The van der Waals surface area contributed by atoms with Crippen LogP contribution < -0.4 is 4.74 Å². The van der Waals surface area contributed by atoms with Crippen LogP contribution in [-0.4, -0.2) is 43.7 Å². The van der Waals surface area contributed by atoms with Gasteiger partial charge in [0.1, 0.15) is 5.75 Å². The summed E-state index contributed by atoms with van der Waals surface area (Å²) in [6.45, 7) is 3.80. The second-order valence-electron chi connectivity index (χ2n) is 4.28. The average molecular weight is 314 g/mol. The zero-order valence-corrected chi connectivity index (χ0v) is 12.1. The predicted molar refractivity (Wildman–Crippen MR) is 72.0 cm³/mol. The fraction of sp³-hybridized carbons (Fsp3) is 0.462. The van der Waals surface area contributed by atoms with Crippen molar-refractivity contribution >= 4 is 21.8 Å². The van der Waals surface area contributed by atoms with E-state index in [0.717, 1.165) is 4.47 Å². The molecule has 0 aromatic heterocycles. The summed E-state index contributed by atoms with van der Waals surface area (Å²) in [6.07, 6.45) is 0.0841. The number of rotatable bonds is 2. The van der Waals surface area contributed by atoms with E-state index >= 15 is 0 Å². The fourth-order valence-electron chi connectivity index (χ4n) is 2.02. The monoisotopic (exact) mass is 313 g/mol. The van der Waals surface area contributed by atoms with Gasteiger partial charge in [-0.05, 0) is 25.1 Å². The van der Waals surface area contributed by atoms with Crippen molar-refractivity contribution in [3.05, 3.63) is 28.2 Å². The quantitative estimate of drug-likeness (QED) is 0.841. The van der Waals surface area contributed by atoms with Crippen LogP contribution in [0.3, 0.4) is 0 Å². The van der Waals surface area contributed by atoms with Crippen molar-refractivity contribution in [3.63, 3.8) is 0 Å². The molecule has 0 N–H and O–H groups in total. The SMILES string of the molecule is COc1ccc(Br)cc1C(=O)N1CCO[C@H](C)C1. The van der Waals surface area contributed by atoms with Crippen LogP contribution in [0, 0.1) is 0 Å². The summed E-state index contributed by atoms with van der Waals surface area (Å²) >= 11 is 3.38. The van der Waals surface area contributed by atoms with Crippen molar-refractivity contribution in [1.82, 2.24) is 4.90 Å². The Bertz CT molecular complexity index is 450. The fourth-order valence-corrected chi connectivity index (χ4v) is 2.38. The minimum Gasteiger partial charge on any atom is -0.496 e. The normalized spacial score (nSPS) is 19.7. The average Bonchev–Trinajstić information content (AvgIpc) is 2.38. The summed E-state index contributed by atoms with van der Waals surface area (Å²) in [6, 6.07) is 5.44. The van der Waals surface area contributed by atoms with Crippen LogP contribution in [0.1, 0.15) is 17.3 Å². The lowest BCUT2D eigenvalue weighted by atomic mass is 10.1. The minimum absolute atomic E-state index is 0.0108. The number of hydrogen-bond acceptors (Lipinski definition) is 3. The van der Waals surface area contributed by atoms with Crippen molar-refractivity contribution in [2.75, 3.05) is 26.8 Å². The first-order valence-corrected chi connectivity index (χ1v) is 6.65. The molecule has 0 saturated carbocycles. The number of benzene rings is 1. The summed E-state index contributed by atoms with van der Waals surface area (Å²) in [7, 11) is 1.57. The Kier molecular flexibility index (Phi) is 4.24. The topological polar surface area (TPSA) is 38.8 Å². The lowest BCUT2D eigenvalue weighted by molar-refractivity contribution is -0.0125. The molecule has 1 atom stereocenters. The van der Waals surface area contributed by atoms with Crippen molar-refractivity contribution in [2.24, 2.45) is 0 Å². The highest BCUT2D eigenvalue weighted by Crippen LogP contribution is 2.25. The van der Waals surface area contributed by atoms with Gasteiger partial charge >= 0.3 is 0 Å². The van der Waals surface area contributed by atoms with Crippen LogP contribution in [0.25, 0.3) is 0 Å². The highest BCUT2D eigenvalue weighted by atomic mass is 79.9. The lowest BCUT2D eigenvalue weighted by Crippen LogP contribution is -2.44. The molecule has 18 heavy (non-hydrogen) atoms. The number of morpholine rings is 1. The Balaban J connectivity index is 2.24. The molecule has 1 aliphatic rings. The number of ether oxygens (including phenoxy) is 2. The van der Waals surface area contributed by atoms with Crippen LogP contribution in [0.15, 0.2) is 22.7 Å². The first-order valence-electron chi connectivity index (χ1n) is 5.86. The van der Waals surface area contributed by atoms with Gasteiger partial charge in [0.15, 0.2) is 0 Å². The van der Waals surface area contributed by atoms with Crippen LogP contribution in [-0.2, 0) is 4.74 Å². The van der Waals surface area contributed by atoms with E-state index in [1.165, 1.54) is 0 Å². The van der Waals surface area contributed by atoms with Gasteiger partial charge in [-0.2, -0.15) is 0 Å². The molecule has 98 valence electrons. The summed E-state index contributed by atoms with van der Waals surface area (Å²) in [5.41, 5.74) is 0.584. The molecule has 1 heterocycles.